The molecular formula is C24H21FN4O4. The van der Waals surface area contributed by atoms with E-state index in [-0.39, 0.29) is 24.1 Å². The van der Waals surface area contributed by atoms with Crippen molar-refractivity contribution in [1.82, 2.24) is 10.3 Å². The number of anilines is 2. The van der Waals surface area contributed by atoms with Crippen LogP contribution in [0.2, 0.25) is 0 Å². The molecule has 2 heterocycles. The first-order chi connectivity index (χ1) is 16.0. The van der Waals surface area contributed by atoms with E-state index in [2.05, 4.69) is 15.6 Å². The maximum absolute atomic E-state index is 12.9. The van der Waals surface area contributed by atoms with Gasteiger partial charge in [0.25, 0.3) is 5.91 Å². The molecule has 3 aromatic rings. The molecule has 0 bridgehead atoms. The Morgan fingerprint density at radius 2 is 1.79 bits per heavy atom. The molecule has 2 aromatic carbocycles. The van der Waals surface area contributed by atoms with Crippen LogP contribution in [-0.2, 0) is 9.59 Å². The SMILES string of the molecule is O=C(CNC(=O)c1ccc(N2CCCC2=O)cc1)Nc1ccc(Oc2ccc(F)cc2)nc1. The number of nitrogens with zero attached hydrogens (tertiary/aromatic N) is 2. The second-order valence-corrected chi connectivity index (χ2v) is 7.37. The van der Waals surface area contributed by atoms with E-state index in [9.17, 15) is 18.8 Å². The van der Waals surface area contributed by atoms with E-state index in [1.807, 2.05) is 0 Å². The number of carbonyl (C=O) groups excluding carboxylic acids is 3. The lowest BCUT2D eigenvalue weighted by Gasteiger charge is -2.15. The number of pyridine rings is 1. The lowest BCUT2D eigenvalue weighted by Crippen LogP contribution is -2.33. The summed E-state index contributed by atoms with van der Waals surface area (Å²) in [7, 11) is 0. The van der Waals surface area contributed by atoms with Gasteiger partial charge < -0.3 is 20.3 Å². The van der Waals surface area contributed by atoms with Gasteiger partial charge in [0.2, 0.25) is 17.7 Å². The molecule has 3 amide bonds. The zero-order valence-electron chi connectivity index (χ0n) is 17.6. The first-order valence-electron chi connectivity index (χ1n) is 10.4. The van der Waals surface area contributed by atoms with Crippen molar-refractivity contribution in [2.45, 2.75) is 12.8 Å². The average molecular weight is 448 g/mol. The molecule has 9 heteroatoms. The van der Waals surface area contributed by atoms with E-state index in [1.54, 1.807) is 41.3 Å². The highest BCUT2D eigenvalue weighted by atomic mass is 19.1. The zero-order valence-corrected chi connectivity index (χ0v) is 17.6. The van der Waals surface area contributed by atoms with Gasteiger partial charge in [-0.2, -0.15) is 0 Å². The van der Waals surface area contributed by atoms with Crippen molar-refractivity contribution in [3.8, 4) is 11.6 Å². The molecule has 0 spiro atoms. The number of rotatable bonds is 7. The van der Waals surface area contributed by atoms with Crippen molar-refractivity contribution in [2.24, 2.45) is 0 Å². The fourth-order valence-corrected chi connectivity index (χ4v) is 3.32. The Balaban J connectivity index is 1.25. The molecule has 168 valence electrons. The van der Waals surface area contributed by atoms with Crippen LogP contribution in [-0.4, -0.2) is 35.8 Å². The second-order valence-electron chi connectivity index (χ2n) is 7.37. The molecule has 0 atom stereocenters. The van der Waals surface area contributed by atoms with Gasteiger partial charge in [0.05, 0.1) is 18.4 Å². The summed E-state index contributed by atoms with van der Waals surface area (Å²) in [5, 5.41) is 5.19. The first kappa shape index (κ1) is 21.9. The normalized spacial score (nSPS) is 13.0. The zero-order chi connectivity index (χ0) is 23.2. The monoisotopic (exact) mass is 448 g/mol. The third kappa shape index (κ3) is 5.70. The third-order valence-electron chi connectivity index (χ3n) is 4.98. The Bertz CT molecular complexity index is 1150. The molecule has 33 heavy (non-hydrogen) atoms. The van der Waals surface area contributed by atoms with Crippen LogP contribution >= 0.6 is 0 Å². The topological polar surface area (TPSA) is 101 Å². The Labute approximate surface area is 189 Å². The largest absolute Gasteiger partial charge is 0.439 e. The molecule has 0 unspecified atom stereocenters. The number of carbonyl (C=O) groups is 3. The Kier molecular flexibility index (Phi) is 6.58. The van der Waals surface area contributed by atoms with E-state index in [0.29, 0.717) is 30.0 Å². The summed E-state index contributed by atoms with van der Waals surface area (Å²) in [4.78, 5) is 42.1. The molecule has 0 aliphatic carbocycles. The van der Waals surface area contributed by atoms with Crippen molar-refractivity contribution in [3.05, 3.63) is 78.2 Å². The van der Waals surface area contributed by atoms with Crippen molar-refractivity contribution in [1.29, 1.82) is 0 Å². The van der Waals surface area contributed by atoms with Gasteiger partial charge in [0.15, 0.2) is 0 Å². The Hall–Kier alpha value is -4.27. The van der Waals surface area contributed by atoms with Crippen LogP contribution in [0.25, 0.3) is 0 Å². The Morgan fingerprint density at radius 1 is 1.03 bits per heavy atom. The summed E-state index contributed by atoms with van der Waals surface area (Å²) in [6, 6.07) is 15.4. The highest BCUT2D eigenvalue weighted by Crippen LogP contribution is 2.22. The molecule has 8 nitrogen and oxygen atoms in total. The minimum Gasteiger partial charge on any atom is -0.439 e. The molecule has 0 radical (unpaired) electrons. The molecule has 1 saturated heterocycles. The standard InChI is InChI=1S/C24H21FN4O4/c25-17-5-10-20(11-6-17)33-22-12-7-18(14-26-22)28-21(30)15-27-24(32)16-3-8-19(9-4-16)29-13-1-2-23(29)31/h3-12,14H,1-2,13,15H2,(H,27,32)(H,28,30). The second kappa shape index (κ2) is 9.90. The third-order valence-corrected chi connectivity index (χ3v) is 4.98. The van der Waals surface area contributed by atoms with Crippen LogP contribution < -0.4 is 20.3 Å². The van der Waals surface area contributed by atoms with E-state index < -0.39 is 11.8 Å². The fraction of sp³-hybridized carbons (Fsp3) is 0.167. The van der Waals surface area contributed by atoms with Gasteiger partial charge >= 0.3 is 0 Å². The van der Waals surface area contributed by atoms with Gasteiger partial charge in [-0.05, 0) is 61.0 Å². The lowest BCUT2D eigenvalue weighted by atomic mass is 10.2. The molecule has 1 fully saturated rings. The molecule has 1 aromatic heterocycles. The smallest absolute Gasteiger partial charge is 0.251 e. The molecule has 1 aliphatic heterocycles. The number of aromatic nitrogens is 1. The number of amides is 3. The van der Waals surface area contributed by atoms with Crippen molar-refractivity contribution in [3.63, 3.8) is 0 Å². The summed E-state index contributed by atoms with van der Waals surface area (Å²) in [5.74, 6) is -0.387. The highest BCUT2D eigenvalue weighted by molar-refractivity contribution is 6.00. The highest BCUT2D eigenvalue weighted by Gasteiger charge is 2.21. The van der Waals surface area contributed by atoms with Crippen LogP contribution in [0.15, 0.2) is 66.9 Å². The number of benzene rings is 2. The van der Waals surface area contributed by atoms with Gasteiger partial charge in [-0.15, -0.1) is 0 Å². The van der Waals surface area contributed by atoms with Crippen LogP contribution in [0.3, 0.4) is 0 Å². The van der Waals surface area contributed by atoms with E-state index in [0.717, 1.165) is 12.1 Å². The number of halogens is 1. The predicted molar refractivity (Wildman–Crippen MR) is 120 cm³/mol. The number of ether oxygens (including phenoxy) is 1. The van der Waals surface area contributed by atoms with Gasteiger partial charge in [-0.25, -0.2) is 9.37 Å². The summed E-state index contributed by atoms with van der Waals surface area (Å²) >= 11 is 0. The molecule has 0 saturated carbocycles. The molecular weight excluding hydrogens is 427 g/mol. The van der Waals surface area contributed by atoms with Crippen molar-refractivity contribution >= 4 is 29.1 Å². The maximum atomic E-state index is 12.9. The molecule has 1 aliphatic rings. The number of hydrogen-bond donors (Lipinski definition) is 2. The number of hydrogen-bond acceptors (Lipinski definition) is 5. The summed E-state index contributed by atoms with van der Waals surface area (Å²) in [5.41, 5.74) is 1.58. The van der Waals surface area contributed by atoms with Crippen LogP contribution in [0.5, 0.6) is 11.6 Å². The molecule has 4 rings (SSSR count). The van der Waals surface area contributed by atoms with Crippen molar-refractivity contribution in [2.75, 3.05) is 23.3 Å². The minimum absolute atomic E-state index is 0.0772. The van der Waals surface area contributed by atoms with Crippen LogP contribution in [0.1, 0.15) is 23.2 Å². The van der Waals surface area contributed by atoms with E-state index in [1.165, 1.54) is 30.5 Å². The number of nitrogens with one attached hydrogen (secondary N) is 2. The first-order valence-corrected chi connectivity index (χ1v) is 10.4. The summed E-state index contributed by atoms with van der Waals surface area (Å²) < 4.78 is 18.4. The van der Waals surface area contributed by atoms with Gasteiger partial charge in [0.1, 0.15) is 11.6 Å². The predicted octanol–water partition coefficient (Wildman–Crippen LogP) is 3.51. The van der Waals surface area contributed by atoms with Gasteiger partial charge in [-0.3, -0.25) is 14.4 Å². The Morgan fingerprint density at radius 3 is 2.42 bits per heavy atom. The van der Waals surface area contributed by atoms with E-state index >= 15 is 0 Å². The summed E-state index contributed by atoms with van der Waals surface area (Å²) in [6.07, 6.45) is 2.78. The van der Waals surface area contributed by atoms with E-state index in [4.69, 9.17) is 4.74 Å². The van der Waals surface area contributed by atoms with Gasteiger partial charge in [0, 0.05) is 30.3 Å². The minimum atomic E-state index is -0.420. The fourth-order valence-electron chi connectivity index (χ4n) is 3.32. The quantitative estimate of drug-likeness (QED) is 0.576. The van der Waals surface area contributed by atoms with Gasteiger partial charge in [-0.1, -0.05) is 0 Å². The maximum Gasteiger partial charge on any atom is 0.251 e. The molecule has 2 N–H and O–H groups in total. The average Bonchev–Trinajstić information content (AvgIpc) is 3.26. The van der Waals surface area contributed by atoms with Crippen LogP contribution in [0.4, 0.5) is 15.8 Å². The summed E-state index contributed by atoms with van der Waals surface area (Å²) in [6.45, 7) is 0.456. The van der Waals surface area contributed by atoms with Crippen molar-refractivity contribution < 1.29 is 23.5 Å². The van der Waals surface area contributed by atoms with Crippen LogP contribution in [0, 0.1) is 5.82 Å². The lowest BCUT2D eigenvalue weighted by molar-refractivity contribution is -0.117.